The monoisotopic (exact) mass is 214 g/mol. The van der Waals surface area contributed by atoms with E-state index < -0.39 is 0 Å². The van der Waals surface area contributed by atoms with Gasteiger partial charge in [-0.25, -0.2) is 4.79 Å². The molecular formula is C11H22N2O2. The molecule has 0 aromatic rings. The van der Waals surface area contributed by atoms with Crippen molar-refractivity contribution in [3.05, 3.63) is 0 Å². The molecule has 0 bridgehead atoms. The fraction of sp³-hybridized carbons (Fsp3) is 0.909. The molecule has 0 N–H and O–H groups in total. The molecule has 2 heterocycles. The molecule has 0 saturated carbocycles. The Kier molecular flexibility index (Phi) is 5.47. The van der Waals surface area contributed by atoms with Gasteiger partial charge in [0.1, 0.15) is 0 Å². The van der Waals surface area contributed by atoms with Crippen molar-refractivity contribution in [3.8, 4) is 0 Å². The Hall–Kier alpha value is -0.770. The molecule has 2 saturated heterocycles. The van der Waals surface area contributed by atoms with Gasteiger partial charge in [0.15, 0.2) is 0 Å². The highest BCUT2D eigenvalue weighted by Gasteiger charge is 2.17. The smallest absolute Gasteiger partial charge is 0.409 e. The van der Waals surface area contributed by atoms with Gasteiger partial charge < -0.3 is 14.5 Å². The Bertz CT molecular complexity index is 185. The predicted octanol–water partition coefficient (Wildman–Crippen LogP) is 1.56. The Morgan fingerprint density at radius 3 is 1.80 bits per heavy atom. The highest BCUT2D eigenvalue weighted by molar-refractivity contribution is 5.67. The summed E-state index contributed by atoms with van der Waals surface area (Å²) in [6.45, 7) is 4.37. The third kappa shape index (κ3) is 4.51. The molecule has 4 nitrogen and oxygen atoms in total. The van der Waals surface area contributed by atoms with Crippen LogP contribution >= 0.6 is 0 Å². The molecule has 15 heavy (non-hydrogen) atoms. The zero-order valence-corrected chi connectivity index (χ0v) is 9.87. The lowest BCUT2D eigenvalue weighted by atomic mass is 10.4. The van der Waals surface area contributed by atoms with E-state index in [4.69, 9.17) is 0 Å². The summed E-state index contributed by atoms with van der Waals surface area (Å²) in [5, 5.41) is 0. The molecule has 0 atom stereocenters. The maximum Gasteiger partial charge on any atom is 0.409 e. The minimum atomic E-state index is -0.187. The van der Waals surface area contributed by atoms with E-state index in [0.717, 1.165) is 25.9 Å². The third-order valence-corrected chi connectivity index (χ3v) is 2.87. The molecule has 0 aromatic carbocycles. The zero-order chi connectivity index (χ0) is 11.1. The maximum absolute atomic E-state index is 10.7. The van der Waals surface area contributed by atoms with Crippen LogP contribution in [0.5, 0.6) is 0 Å². The molecule has 0 aliphatic carbocycles. The number of carbonyl (C=O) groups is 1. The molecule has 88 valence electrons. The third-order valence-electron chi connectivity index (χ3n) is 2.87. The summed E-state index contributed by atoms with van der Waals surface area (Å²) >= 11 is 0. The summed E-state index contributed by atoms with van der Waals surface area (Å²) in [5.41, 5.74) is 0. The number of rotatable bonds is 0. The molecular weight excluding hydrogens is 192 g/mol. The average molecular weight is 214 g/mol. The predicted molar refractivity (Wildman–Crippen MR) is 59.9 cm³/mol. The maximum atomic E-state index is 10.7. The van der Waals surface area contributed by atoms with E-state index in [2.05, 4.69) is 16.7 Å². The fourth-order valence-electron chi connectivity index (χ4n) is 1.90. The van der Waals surface area contributed by atoms with Crippen LogP contribution in [-0.4, -0.2) is 56.2 Å². The van der Waals surface area contributed by atoms with Crippen molar-refractivity contribution in [3.63, 3.8) is 0 Å². The van der Waals surface area contributed by atoms with Crippen molar-refractivity contribution in [2.75, 3.05) is 40.3 Å². The van der Waals surface area contributed by atoms with E-state index in [-0.39, 0.29) is 6.09 Å². The normalized spacial score (nSPS) is 21.1. The van der Waals surface area contributed by atoms with Crippen molar-refractivity contribution in [1.82, 2.24) is 9.80 Å². The summed E-state index contributed by atoms with van der Waals surface area (Å²) in [6.07, 6.45) is 4.88. The Balaban J connectivity index is 0.000000162. The second kappa shape index (κ2) is 6.67. The number of likely N-dealkylation sites (tertiary alicyclic amines) is 2. The molecule has 4 heteroatoms. The van der Waals surface area contributed by atoms with Crippen LogP contribution in [0.2, 0.25) is 0 Å². The topological polar surface area (TPSA) is 32.8 Å². The van der Waals surface area contributed by atoms with Crippen molar-refractivity contribution < 1.29 is 9.53 Å². The average Bonchev–Trinajstić information content (AvgIpc) is 2.89. The first-order valence-electron chi connectivity index (χ1n) is 5.75. The number of amides is 1. The molecule has 2 fully saturated rings. The first-order valence-corrected chi connectivity index (χ1v) is 5.75. The molecule has 0 spiro atoms. The molecule has 2 rings (SSSR count). The Morgan fingerprint density at radius 1 is 1.00 bits per heavy atom. The van der Waals surface area contributed by atoms with Gasteiger partial charge in [-0.2, -0.15) is 0 Å². The first-order chi connectivity index (χ1) is 7.24. The van der Waals surface area contributed by atoms with Gasteiger partial charge in [-0.1, -0.05) is 0 Å². The minimum Gasteiger partial charge on any atom is -0.453 e. The van der Waals surface area contributed by atoms with Gasteiger partial charge in [-0.3, -0.25) is 0 Å². The van der Waals surface area contributed by atoms with Gasteiger partial charge in [0.2, 0.25) is 0 Å². The number of nitrogens with zero attached hydrogens (tertiary/aromatic N) is 2. The number of methoxy groups -OCH3 is 1. The van der Waals surface area contributed by atoms with Crippen molar-refractivity contribution in [1.29, 1.82) is 0 Å². The van der Waals surface area contributed by atoms with E-state index in [0.29, 0.717) is 0 Å². The van der Waals surface area contributed by atoms with E-state index >= 15 is 0 Å². The van der Waals surface area contributed by atoms with Crippen LogP contribution < -0.4 is 0 Å². The quantitative estimate of drug-likeness (QED) is 0.613. The highest BCUT2D eigenvalue weighted by atomic mass is 16.5. The largest absolute Gasteiger partial charge is 0.453 e. The van der Waals surface area contributed by atoms with E-state index in [9.17, 15) is 4.79 Å². The molecule has 0 unspecified atom stereocenters. The van der Waals surface area contributed by atoms with Gasteiger partial charge in [0, 0.05) is 13.1 Å². The van der Waals surface area contributed by atoms with Gasteiger partial charge in [-0.15, -0.1) is 0 Å². The molecule has 2 aliphatic heterocycles. The van der Waals surface area contributed by atoms with Crippen LogP contribution in [-0.2, 0) is 4.74 Å². The lowest BCUT2D eigenvalue weighted by Gasteiger charge is -2.11. The molecule has 0 aromatic heterocycles. The van der Waals surface area contributed by atoms with Crippen LogP contribution in [0, 0.1) is 0 Å². The lowest BCUT2D eigenvalue weighted by Crippen LogP contribution is -2.27. The van der Waals surface area contributed by atoms with Gasteiger partial charge in [0.05, 0.1) is 7.11 Å². The standard InChI is InChI=1S/C6H11NO2.C5H11N/c1-9-6(8)7-4-2-3-5-7;1-6-4-2-3-5-6/h2-5H2,1H3;2-5H2,1H3. The number of ether oxygens (including phenoxy) is 1. The minimum absolute atomic E-state index is 0.187. The van der Waals surface area contributed by atoms with Gasteiger partial charge in [0.25, 0.3) is 0 Å². The number of carbonyl (C=O) groups excluding carboxylic acids is 1. The lowest BCUT2D eigenvalue weighted by molar-refractivity contribution is 0.133. The SMILES string of the molecule is CN1CCCC1.COC(=O)N1CCCC1. The van der Waals surface area contributed by atoms with Gasteiger partial charge >= 0.3 is 6.09 Å². The number of hydrogen-bond acceptors (Lipinski definition) is 3. The summed E-state index contributed by atoms with van der Waals surface area (Å²) < 4.78 is 4.52. The van der Waals surface area contributed by atoms with Crippen LogP contribution in [0.15, 0.2) is 0 Å². The highest BCUT2D eigenvalue weighted by Crippen LogP contribution is 2.07. The van der Waals surface area contributed by atoms with Crippen LogP contribution in [0.4, 0.5) is 4.79 Å². The van der Waals surface area contributed by atoms with E-state index in [1.165, 1.54) is 33.0 Å². The number of hydrogen-bond donors (Lipinski definition) is 0. The Morgan fingerprint density at radius 2 is 1.47 bits per heavy atom. The van der Waals surface area contributed by atoms with Crippen molar-refractivity contribution >= 4 is 6.09 Å². The summed E-state index contributed by atoms with van der Waals surface area (Å²) in [4.78, 5) is 14.8. The second-order valence-corrected chi connectivity index (χ2v) is 4.17. The summed E-state index contributed by atoms with van der Waals surface area (Å²) in [5.74, 6) is 0. The Labute approximate surface area is 92.2 Å². The first kappa shape index (κ1) is 12.3. The molecule has 0 radical (unpaired) electrons. The second-order valence-electron chi connectivity index (χ2n) is 4.17. The van der Waals surface area contributed by atoms with E-state index in [1.54, 1.807) is 4.90 Å². The summed E-state index contributed by atoms with van der Waals surface area (Å²) in [6, 6.07) is 0. The summed E-state index contributed by atoms with van der Waals surface area (Å²) in [7, 11) is 3.59. The molecule has 2 aliphatic rings. The van der Waals surface area contributed by atoms with Crippen LogP contribution in [0.1, 0.15) is 25.7 Å². The van der Waals surface area contributed by atoms with Crippen molar-refractivity contribution in [2.45, 2.75) is 25.7 Å². The van der Waals surface area contributed by atoms with Crippen LogP contribution in [0.25, 0.3) is 0 Å². The van der Waals surface area contributed by atoms with Crippen LogP contribution in [0.3, 0.4) is 0 Å². The van der Waals surface area contributed by atoms with Gasteiger partial charge in [-0.05, 0) is 45.8 Å². The fourth-order valence-corrected chi connectivity index (χ4v) is 1.90. The van der Waals surface area contributed by atoms with Crippen molar-refractivity contribution in [2.24, 2.45) is 0 Å². The zero-order valence-electron chi connectivity index (χ0n) is 9.87. The molecule has 1 amide bonds. The van der Waals surface area contributed by atoms with E-state index in [1.807, 2.05) is 0 Å².